The summed E-state index contributed by atoms with van der Waals surface area (Å²) in [7, 11) is 0. The molecule has 0 radical (unpaired) electrons. The predicted octanol–water partition coefficient (Wildman–Crippen LogP) is 4.82. The second-order valence-electron chi connectivity index (χ2n) is 6.15. The molecule has 1 fully saturated rings. The lowest BCUT2D eigenvalue weighted by Crippen LogP contribution is -2.43. The number of unbranched alkanes of at least 4 members (excludes halogenated alkanes) is 2. The first kappa shape index (κ1) is 20.1. The SMILES string of the molecule is CCCCOC(=O)C1CSC(c2ccccc2Cl)N1C(=O)CCCC. The summed E-state index contributed by atoms with van der Waals surface area (Å²) in [4.78, 5) is 27.0. The third-order valence-corrected chi connectivity index (χ3v) is 5.87. The van der Waals surface area contributed by atoms with Crippen LogP contribution in [-0.2, 0) is 14.3 Å². The molecule has 1 amide bonds. The molecule has 0 N–H and O–H groups in total. The number of benzene rings is 1. The molecule has 138 valence electrons. The molecule has 0 aliphatic carbocycles. The lowest BCUT2D eigenvalue weighted by Gasteiger charge is -2.29. The van der Waals surface area contributed by atoms with Crippen molar-refractivity contribution in [1.82, 2.24) is 4.90 Å². The summed E-state index contributed by atoms with van der Waals surface area (Å²) in [6.45, 7) is 4.51. The molecule has 6 heteroatoms. The average molecular weight is 384 g/mol. The van der Waals surface area contributed by atoms with E-state index >= 15 is 0 Å². The summed E-state index contributed by atoms with van der Waals surface area (Å²) in [5.41, 5.74) is 0.878. The van der Waals surface area contributed by atoms with Gasteiger partial charge in [-0.05, 0) is 18.9 Å². The van der Waals surface area contributed by atoms with E-state index in [1.165, 1.54) is 0 Å². The van der Waals surface area contributed by atoms with Crippen LogP contribution in [0.25, 0.3) is 0 Å². The Kier molecular flexibility index (Phi) is 8.10. The third kappa shape index (κ3) is 5.14. The topological polar surface area (TPSA) is 46.6 Å². The highest BCUT2D eigenvalue weighted by Crippen LogP contribution is 2.44. The smallest absolute Gasteiger partial charge is 0.329 e. The van der Waals surface area contributed by atoms with Gasteiger partial charge in [-0.25, -0.2) is 4.79 Å². The Morgan fingerprint density at radius 2 is 1.96 bits per heavy atom. The van der Waals surface area contributed by atoms with Crippen molar-refractivity contribution >= 4 is 35.2 Å². The van der Waals surface area contributed by atoms with Gasteiger partial charge in [0, 0.05) is 22.8 Å². The highest BCUT2D eigenvalue weighted by atomic mass is 35.5. The maximum absolute atomic E-state index is 12.8. The lowest BCUT2D eigenvalue weighted by molar-refractivity contribution is -0.154. The zero-order chi connectivity index (χ0) is 18.2. The van der Waals surface area contributed by atoms with Crippen LogP contribution >= 0.6 is 23.4 Å². The molecule has 2 atom stereocenters. The Labute approximate surface area is 159 Å². The molecule has 1 aromatic rings. The Morgan fingerprint density at radius 1 is 1.24 bits per heavy atom. The normalized spacial score (nSPS) is 19.9. The number of thioether (sulfide) groups is 1. The molecular weight excluding hydrogens is 358 g/mol. The van der Waals surface area contributed by atoms with Gasteiger partial charge in [-0.2, -0.15) is 0 Å². The van der Waals surface area contributed by atoms with Crippen LogP contribution in [-0.4, -0.2) is 35.2 Å². The zero-order valence-electron chi connectivity index (χ0n) is 14.9. The number of esters is 1. The third-order valence-electron chi connectivity index (χ3n) is 4.22. The molecule has 4 nitrogen and oxygen atoms in total. The molecule has 25 heavy (non-hydrogen) atoms. The van der Waals surface area contributed by atoms with E-state index in [1.807, 2.05) is 38.1 Å². The summed E-state index contributed by atoms with van der Waals surface area (Å²) in [6.07, 6.45) is 4.00. The molecule has 0 saturated carbocycles. The molecule has 1 saturated heterocycles. The number of hydrogen-bond acceptors (Lipinski definition) is 4. The van der Waals surface area contributed by atoms with E-state index in [9.17, 15) is 9.59 Å². The number of ether oxygens (including phenoxy) is 1. The zero-order valence-corrected chi connectivity index (χ0v) is 16.4. The van der Waals surface area contributed by atoms with Gasteiger partial charge in [-0.15, -0.1) is 11.8 Å². The van der Waals surface area contributed by atoms with Crippen LogP contribution in [0.2, 0.25) is 5.02 Å². The van der Waals surface area contributed by atoms with Crippen molar-refractivity contribution < 1.29 is 14.3 Å². The predicted molar refractivity (Wildman–Crippen MR) is 103 cm³/mol. The lowest BCUT2D eigenvalue weighted by atomic mass is 10.1. The molecule has 1 heterocycles. The van der Waals surface area contributed by atoms with Gasteiger partial charge in [0.15, 0.2) is 0 Å². The molecule has 2 rings (SSSR count). The molecule has 1 aliphatic rings. The largest absolute Gasteiger partial charge is 0.464 e. The van der Waals surface area contributed by atoms with E-state index in [0.29, 0.717) is 23.8 Å². The minimum absolute atomic E-state index is 0.00536. The van der Waals surface area contributed by atoms with Gasteiger partial charge in [0.05, 0.1) is 6.61 Å². The fraction of sp³-hybridized carbons (Fsp3) is 0.579. The van der Waals surface area contributed by atoms with E-state index in [4.69, 9.17) is 16.3 Å². The highest BCUT2D eigenvalue weighted by molar-refractivity contribution is 7.99. The van der Waals surface area contributed by atoms with Crippen molar-refractivity contribution in [2.24, 2.45) is 0 Å². The molecule has 0 aromatic heterocycles. The van der Waals surface area contributed by atoms with Gasteiger partial charge in [-0.3, -0.25) is 4.79 Å². The van der Waals surface area contributed by atoms with Crippen molar-refractivity contribution in [1.29, 1.82) is 0 Å². The van der Waals surface area contributed by atoms with E-state index in [-0.39, 0.29) is 17.3 Å². The minimum atomic E-state index is -0.535. The standard InChI is InChI=1S/C19H26ClNO3S/c1-3-5-11-17(22)21-16(19(23)24-12-6-4-2)13-25-18(21)14-9-7-8-10-15(14)20/h7-10,16,18H,3-6,11-13H2,1-2H3. The maximum Gasteiger partial charge on any atom is 0.329 e. The van der Waals surface area contributed by atoms with Crippen molar-refractivity contribution in [2.75, 3.05) is 12.4 Å². The fourth-order valence-corrected chi connectivity index (χ4v) is 4.55. The Balaban J connectivity index is 2.20. The maximum atomic E-state index is 12.8. The Hall–Kier alpha value is -1.20. The van der Waals surface area contributed by atoms with Gasteiger partial charge in [0.2, 0.25) is 5.91 Å². The molecule has 1 aromatic carbocycles. The fourth-order valence-electron chi connectivity index (χ4n) is 2.78. The van der Waals surface area contributed by atoms with Gasteiger partial charge in [0.1, 0.15) is 11.4 Å². The first-order valence-corrected chi connectivity index (χ1v) is 10.4. The number of rotatable bonds is 8. The van der Waals surface area contributed by atoms with Gasteiger partial charge in [0.25, 0.3) is 0 Å². The van der Waals surface area contributed by atoms with Crippen molar-refractivity contribution in [3.8, 4) is 0 Å². The number of carbonyl (C=O) groups is 2. The summed E-state index contributed by atoms with van der Waals surface area (Å²) >= 11 is 7.92. The van der Waals surface area contributed by atoms with Crippen LogP contribution in [0.1, 0.15) is 56.9 Å². The van der Waals surface area contributed by atoms with Gasteiger partial charge in [-0.1, -0.05) is 56.5 Å². The highest BCUT2D eigenvalue weighted by Gasteiger charge is 2.43. The van der Waals surface area contributed by atoms with Crippen LogP contribution in [0.4, 0.5) is 0 Å². The quantitative estimate of drug-likeness (QED) is 0.477. The van der Waals surface area contributed by atoms with Crippen LogP contribution in [0.5, 0.6) is 0 Å². The monoisotopic (exact) mass is 383 g/mol. The Morgan fingerprint density at radius 3 is 2.64 bits per heavy atom. The first-order chi connectivity index (χ1) is 12.1. The first-order valence-electron chi connectivity index (χ1n) is 8.94. The second kappa shape index (κ2) is 10.1. The van der Waals surface area contributed by atoms with E-state index in [0.717, 1.165) is 31.2 Å². The van der Waals surface area contributed by atoms with Crippen LogP contribution in [0, 0.1) is 0 Å². The molecule has 1 aliphatic heterocycles. The Bertz CT molecular complexity index is 596. The number of carbonyl (C=O) groups excluding carboxylic acids is 2. The number of amides is 1. The van der Waals surface area contributed by atoms with Gasteiger partial charge >= 0.3 is 5.97 Å². The van der Waals surface area contributed by atoms with E-state index < -0.39 is 6.04 Å². The molecule has 2 unspecified atom stereocenters. The summed E-state index contributed by atoms with van der Waals surface area (Å²) in [5, 5.41) is 0.384. The van der Waals surface area contributed by atoms with E-state index in [2.05, 4.69) is 0 Å². The number of halogens is 1. The minimum Gasteiger partial charge on any atom is -0.464 e. The molecule has 0 bridgehead atoms. The van der Waals surface area contributed by atoms with E-state index in [1.54, 1.807) is 16.7 Å². The van der Waals surface area contributed by atoms with Crippen molar-refractivity contribution in [3.63, 3.8) is 0 Å². The molecule has 0 spiro atoms. The molecular formula is C19H26ClNO3S. The summed E-state index contributed by atoms with van der Waals surface area (Å²) < 4.78 is 5.39. The summed E-state index contributed by atoms with van der Waals surface area (Å²) in [5.74, 6) is 0.230. The second-order valence-corrected chi connectivity index (χ2v) is 7.67. The van der Waals surface area contributed by atoms with Crippen LogP contribution in [0.15, 0.2) is 24.3 Å². The number of nitrogens with zero attached hydrogens (tertiary/aromatic N) is 1. The number of hydrogen-bond donors (Lipinski definition) is 0. The van der Waals surface area contributed by atoms with Crippen molar-refractivity contribution in [2.45, 2.75) is 57.4 Å². The summed E-state index contributed by atoms with van der Waals surface area (Å²) in [6, 6.07) is 6.98. The average Bonchev–Trinajstić information content (AvgIpc) is 3.05. The van der Waals surface area contributed by atoms with Crippen LogP contribution in [0.3, 0.4) is 0 Å². The van der Waals surface area contributed by atoms with Gasteiger partial charge < -0.3 is 9.64 Å². The van der Waals surface area contributed by atoms with Crippen LogP contribution < -0.4 is 0 Å². The van der Waals surface area contributed by atoms with Crippen molar-refractivity contribution in [3.05, 3.63) is 34.9 Å².